The summed E-state index contributed by atoms with van der Waals surface area (Å²) in [6, 6.07) is 10.4. The lowest BCUT2D eigenvalue weighted by Crippen LogP contribution is -2.45. The van der Waals surface area contributed by atoms with E-state index in [9.17, 15) is 13.2 Å². The van der Waals surface area contributed by atoms with Gasteiger partial charge in [-0.3, -0.25) is 9.36 Å². The van der Waals surface area contributed by atoms with Gasteiger partial charge in [0.05, 0.1) is 28.2 Å². The Hall–Kier alpha value is -3.44. The Morgan fingerprint density at radius 1 is 1.12 bits per heavy atom. The van der Waals surface area contributed by atoms with E-state index in [1.54, 1.807) is 12.3 Å². The van der Waals surface area contributed by atoms with Crippen molar-refractivity contribution in [3.63, 3.8) is 0 Å². The summed E-state index contributed by atoms with van der Waals surface area (Å²) >= 11 is 6.27. The Morgan fingerprint density at radius 3 is 2.64 bits per heavy atom. The van der Waals surface area contributed by atoms with Gasteiger partial charge in [-0.1, -0.05) is 29.8 Å². The number of nitrogens with two attached hydrogens (primary N) is 1. The zero-order valence-corrected chi connectivity index (χ0v) is 18.8. The van der Waals surface area contributed by atoms with Gasteiger partial charge in [-0.05, 0) is 24.6 Å². The molecule has 2 aliphatic heterocycles. The second-order valence-corrected chi connectivity index (χ2v) is 10.5. The number of halogens is 1. The van der Waals surface area contributed by atoms with Crippen molar-refractivity contribution in [3.8, 4) is 5.69 Å². The maximum Gasteiger partial charge on any atom is 0.284 e. The zero-order valence-electron chi connectivity index (χ0n) is 17.2. The Morgan fingerprint density at radius 2 is 1.91 bits per heavy atom. The minimum absolute atomic E-state index is 0.0209. The SMILES string of the molecule is Nc1nc2c(c(N3CCC3c3nn4ccc(Cl)c4c(=O)n3-c3ccccc3)n1)S(=O)(=O)CC2. The summed E-state index contributed by atoms with van der Waals surface area (Å²) < 4.78 is 28.5. The summed E-state index contributed by atoms with van der Waals surface area (Å²) in [5.41, 5.74) is 6.94. The fraction of sp³-hybridized carbons (Fsp3) is 0.238. The normalized spacial score (nSPS) is 18.9. The number of hydrogen-bond acceptors (Lipinski definition) is 8. The van der Waals surface area contributed by atoms with Gasteiger partial charge in [0, 0.05) is 19.2 Å². The van der Waals surface area contributed by atoms with E-state index >= 15 is 0 Å². The fourth-order valence-corrected chi connectivity index (χ4v) is 6.35. The van der Waals surface area contributed by atoms with Gasteiger partial charge in [0.15, 0.2) is 21.5 Å². The monoisotopic (exact) mass is 483 g/mol. The molecule has 0 saturated carbocycles. The van der Waals surface area contributed by atoms with Crippen molar-refractivity contribution >= 4 is 38.7 Å². The molecule has 12 heteroatoms. The van der Waals surface area contributed by atoms with E-state index < -0.39 is 15.9 Å². The molecule has 4 aromatic rings. The van der Waals surface area contributed by atoms with Gasteiger partial charge in [-0.25, -0.2) is 17.9 Å². The minimum Gasteiger partial charge on any atom is -0.368 e. The number of sulfone groups is 1. The average Bonchev–Trinajstić information content (AvgIpc) is 3.27. The molecular weight excluding hydrogens is 466 g/mol. The van der Waals surface area contributed by atoms with E-state index in [2.05, 4.69) is 9.97 Å². The number of aromatic nitrogens is 5. The second kappa shape index (κ2) is 7.03. The van der Waals surface area contributed by atoms with Crippen LogP contribution in [0.3, 0.4) is 0 Å². The molecule has 5 heterocycles. The number of nitrogen functional groups attached to an aromatic ring is 1. The number of anilines is 2. The second-order valence-electron chi connectivity index (χ2n) is 8.04. The molecule has 168 valence electrons. The first-order valence-electron chi connectivity index (χ1n) is 10.4. The lowest BCUT2D eigenvalue weighted by molar-refractivity contribution is 0.419. The van der Waals surface area contributed by atoms with E-state index in [-0.39, 0.29) is 33.5 Å². The Labute approximate surface area is 193 Å². The molecule has 33 heavy (non-hydrogen) atoms. The predicted molar refractivity (Wildman–Crippen MR) is 123 cm³/mol. The predicted octanol–water partition coefficient (Wildman–Crippen LogP) is 1.79. The Balaban J connectivity index is 1.57. The van der Waals surface area contributed by atoms with Crippen molar-refractivity contribution in [2.75, 3.05) is 22.9 Å². The van der Waals surface area contributed by atoms with Crippen LogP contribution in [0.2, 0.25) is 5.02 Å². The largest absolute Gasteiger partial charge is 0.368 e. The summed E-state index contributed by atoms with van der Waals surface area (Å²) in [4.78, 5) is 23.9. The van der Waals surface area contributed by atoms with Crippen LogP contribution in [0.1, 0.15) is 24.0 Å². The summed E-state index contributed by atoms with van der Waals surface area (Å²) in [5, 5.41) is 5.02. The Kier molecular flexibility index (Phi) is 4.30. The van der Waals surface area contributed by atoms with Gasteiger partial charge >= 0.3 is 0 Å². The third-order valence-corrected chi connectivity index (χ3v) is 8.21. The average molecular weight is 484 g/mol. The zero-order chi connectivity index (χ0) is 22.9. The molecule has 2 N–H and O–H groups in total. The molecule has 1 fully saturated rings. The maximum atomic E-state index is 13.5. The molecule has 0 aliphatic carbocycles. The van der Waals surface area contributed by atoms with Crippen molar-refractivity contribution < 1.29 is 8.42 Å². The van der Waals surface area contributed by atoms with Crippen molar-refractivity contribution in [3.05, 3.63) is 69.5 Å². The molecule has 3 aromatic heterocycles. The highest BCUT2D eigenvalue weighted by molar-refractivity contribution is 7.91. The number of para-hydroxylation sites is 1. The number of nitrogens with zero attached hydrogens (tertiary/aromatic N) is 6. The van der Waals surface area contributed by atoms with Crippen LogP contribution in [0.4, 0.5) is 11.8 Å². The third-order valence-electron chi connectivity index (χ3n) is 6.12. The van der Waals surface area contributed by atoms with Gasteiger partial charge in [0.1, 0.15) is 10.4 Å². The molecule has 0 amide bonds. The molecule has 6 rings (SSSR count). The molecule has 2 aliphatic rings. The fourth-order valence-electron chi connectivity index (χ4n) is 4.52. The molecule has 0 spiro atoms. The smallest absolute Gasteiger partial charge is 0.284 e. The minimum atomic E-state index is -3.52. The highest BCUT2D eigenvalue weighted by atomic mass is 35.5. The lowest BCUT2D eigenvalue weighted by Gasteiger charge is -2.42. The van der Waals surface area contributed by atoms with Gasteiger partial charge in [0.2, 0.25) is 5.95 Å². The first kappa shape index (κ1) is 20.2. The number of fused-ring (bicyclic) bond motifs is 2. The van der Waals surface area contributed by atoms with Crippen LogP contribution in [-0.4, -0.2) is 44.9 Å². The number of aryl methyl sites for hydroxylation is 1. The van der Waals surface area contributed by atoms with Crippen molar-refractivity contribution in [2.24, 2.45) is 0 Å². The van der Waals surface area contributed by atoms with Crippen LogP contribution in [-0.2, 0) is 16.3 Å². The maximum absolute atomic E-state index is 13.5. The first-order valence-corrected chi connectivity index (χ1v) is 12.4. The molecule has 1 atom stereocenters. The summed E-state index contributed by atoms with van der Waals surface area (Å²) in [6.07, 6.45) is 2.58. The molecule has 0 radical (unpaired) electrons. The summed E-state index contributed by atoms with van der Waals surface area (Å²) in [5.74, 6) is 0.726. The summed E-state index contributed by atoms with van der Waals surface area (Å²) in [7, 11) is -3.52. The highest BCUT2D eigenvalue weighted by Crippen LogP contribution is 2.42. The van der Waals surface area contributed by atoms with E-state index in [0.29, 0.717) is 41.6 Å². The van der Waals surface area contributed by atoms with Gasteiger partial charge < -0.3 is 10.6 Å². The van der Waals surface area contributed by atoms with Gasteiger partial charge in [-0.2, -0.15) is 10.1 Å². The molecule has 1 saturated heterocycles. The van der Waals surface area contributed by atoms with E-state index in [4.69, 9.17) is 22.4 Å². The van der Waals surface area contributed by atoms with Crippen LogP contribution in [0.15, 0.2) is 52.3 Å². The Bertz CT molecular complexity index is 1600. The molecule has 1 unspecified atom stereocenters. The van der Waals surface area contributed by atoms with Crippen molar-refractivity contribution in [1.29, 1.82) is 0 Å². The topological polar surface area (TPSA) is 128 Å². The lowest BCUT2D eigenvalue weighted by atomic mass is 10.0. The van der Waals surface area contributed by atoms with E-state index in [1.807, 2.05) is 35.2 Å². The van der Waals surface area contributed by atoms with E-state index in [1.165, 1.54) is 9.08 Å². The third kappa shape index (κ3) is 2.96. The standard InChI is InChI=1S/C21H18ClN7O3S/c22-13-6-10-28-16(13)20(30)29(12-4-2-1-3-5-12)18(26-28)15-7-9-27(15)19-17-14(24-21(23)25-19)8-11-33(17,31)32/h1-6,10,15H,7-9,11H2,(H2,23,24,25). The van der Waals surface area contributed by atoms with Crippen LogP contribution >= 0.6 is 11.6 Å². The van der Waals surface area contributed by atoms with Gasteiger partial charge in [-0.15, -0.1) is 0 Å². The quantitative estimate of drug-likeness (QED) is 0.467. The summed E-state index contributed by atoms with van der Waals surface area (Å²) in [6.45, 7) is 0.540. The van der Waals surface area contributed by atoms with E-state index in [0.717, 1.165) is 0 Å². The van der Waals surface area contributed by atoms with Crippen molar-refractivity contribution in [2.45, 2.75) is 23.8 Å². The number of benzene rings is 1. The van der Waals surface area contributed by atoms with Crippen LogP contribution in [0, 0.1) is 0 Å². The number of rotatable bonds is 3. The van der Waals surface area contributed by atoms with Crippen LogP contribution < -0.4 is 16.2 Å². The van der Waals surface area contributed by atoms with Gasteiger partial charge in [0.25, 0.3) is 5.56 Å². The molecule has 0 bridgehead atoms. The van der Waals surface area contributed by atoms with Crippen LogP contribution in [0.5, 0.6) is 0 Å². The van der Waals surface area contributed by atoms with Crippen LogP contribution in [0.25, 0.3) is 11.2 Å². The van der Waals surface area contributed by atoms with Crippen molar-refractivity contribution in [1.82, 2.24) is 24.1 Å². The molecule has 1 aromatic carbocycles. The highest BCUT2D eigenvalue weighted by Gasteiger charge is 2.41. The first-order chi connectivity index (χ1) is 15.8. The molecular formula is C21H18ClN7O3S. The number of hydrogen-bond donors (Lipinski definition) is 1. The molecule has 10 nitrogen and oxygen atoms in total.